The molecular formula is C12H13Br2NO3. The van der Waals surface area contributed by atoms with Crippen molar-refractivity contribution in [1.29, 1.82) is 0 Å². The van der Waals surface area contributed by atoms with E-state index in [0.29, 0.717) is 5.56 Å². The summed E-state index contributed by atoms with van der Waals surface area (Å²) in [5.41, 5.74) is -0.517. The van der Waals surface area contributed by atoms with Gasteiger partial charge in [0.25, 0.3) is 5.91 Å². The molecule has 0 aliphatic rings. The smallest absolute Gasteiger partial charge is 0.310 e. The highest BCUT2D eigenvalue weighted by molar-refractivity contribution is 9.11. The number of benzene rings is 1. The van der Waals surface area contributed by atoms with Crippen LogP contribution >= 0.6 is 31.9 Å². The summed E-state index contributed by atoms with van der Waals surface area (Å²) in [5, 5.41) is 11.6. The zero-order valence-corrected chi connectivity index (χ0v) is 13.1. The van der Waals surface area contributed by atoms with E-state index in [0.717, 1.165) is 8.95 Å². The molecule has 0 fully saturated rings. The van der Waals surface area contributed by atoms with Gasteiger partial charge in [-0.25, -0.2) is 0 Å². The van der Waals surface area contributed by atoms with Gasteiger partial charge in [-0.15, -0.1) is 0 Å². The van der Waals surface area contributed by atoms with Gasteiger partial charge in [0.05, 0.1) is 5.41 Å². The van der Waals surface area contributed by atoms with E-state index in [1.165, 1.54) is 0 Å². The monoisotopic (exact) mass is 377 g/mol. The molecular weight excluding hydrogens is 366 g/mol. The highest BCUT2D eigenvalue weighted by Crippen LogP contribution is 2.20. The Hall–Kier alpha value is -0.880. The van der Waals surface area contributed by atoms with E-state index >= 15 is 0 Å². The predicted octanol–water partition coefficient (Wildman–Crippen LogP) is 3.05. The number of carbonyl (C=O) groups excluding carboxylic acids is 1. The van der Waals surface area contributed by atoms with Gasteiger partial charge in [-0.05, 0) is 32.0 Å². The second-order valence-electron chi connectivity index (χ2n) is 4.53. The van der Waals surface area contributed by atoms with Crippen molar-refractivity contribution >= 4 is 43.7 Å². The number of hydrogen-bond donors (Lipinski definition) is 2. The summed E-state index contributed by atoms with van der Waals surface area (Å²) in [7, 11) is 0. The molecule has 1 aromatic carbocycles. The number of halogens is 2. The molecule has 0 aliphatic heterocycles. The zero-order valence-electron chi connectivity index (χ0n) is 9.96. The molecule has 6 heteroatoms. The number of hydrogen-bond acceptors (Lipinski definition) is 2. The molecule has 0 spiro atoms. The fraction of sp³-hybridized carbons (Fsp3) is 0.333. The minimum absolute atomic E-state index is 0.0747. The molecule has 1 amide bonds. The number of aliphatic carboxylic acids is 1. The van der Waals surface area contributed by atoms with E-state index in [2.05, 4.69) is 37.2 Å². The molecule has 0 heterocycles. The average Bonchev–Trinajstić information content (AvgIpc) is 2.24. The Kier molecular flexibility index (Phi) is 4.92. The normalized spacial score (nSPS) is 11.1. The van der Waals surface area contributed by atoms with Crippen LogP contribution in [0.15, 0.2) is 27.1 Å². The standard InChI is InChI=1S/C12H13Br2NO3/c1-12(2,11(17)18)6-15-10(16)7-3-8(13)5-9(14)4-7/h3-5H,6H2,1-2H3,(H,15,16)(H,17,18). The zero-order chi connectivity index (χ0) is 13.9. The molecule has 98 valence electrons. The van der Waals surface area contributed by atoms with Crippen molar-refractivity contribution in [1.82, 2.24) is 5.32 Å². The van der Waals surface area contributed by atoms with Crippen molar-refractivity contribution in [3.05, 3.63) is 32.7 Å². The van der Waals surface area contributed by atoms with Gasteiger partial charge in [0, 0.05) is 21.1 Å². The first kappa shape index (κ1) is 15.2. The number of amides is 1. The average molecular weight is 379 g/mol. The number of carboxylic acids is 1. The maximum absolute atomic E-state index is 11.9. The Balaban J connectivity index is 2.75. The van der Waals surface area contributed by atoms with Gasteiger partial charge >= 0.3 is 5.97 Å². The van der Waals surface area contributed by atoms with Gasteiger partial charge in [0.1, 0.15) is 0 Å². The first-order valence-electron chi connectivity index (χ1n) is 5.20. The third-order valence-electron chi connectivity index (χ3n) is 2.39. The second kappa shape index (κ2) is 5.84. The van der Waals surface area contributed by atoms with Crippen molar-refractivity contribution in [3.63, 3.8) is 0 Å². The lowest BCUT2D eigenvalue weighted by molar-refractivity contribution is -0.146. The summed E-state index contributed by atoms with van der Waals surface area (Å²) in [4.78, 5) is 22.8. The van der Waals surface area contributed by atoms with E-state index < -0.39 is 11.4 Å². The van der Waals surface area contributed by atoms with E-state index in [1.54, 1.807) is 26.0 Å². The molecule has 2 N–H and O–H groups in total. The lowest BCUT2D eigenvalue weighted by Crippen LogP contribution is -2.38. The summed E-state index contributed by atoms with van der Waals surface area (Å²) >= 11 is 6.58. The Morgan fingerprint density at radius 1 is 1.22 bits per heavy atom. The van der Waals surface area contributed by atoms with E-state index in [9.17, 15) is 9.59 Å². The molecule has 0 saturated heterocycles. The van der Waals surface area contributed by atoms with Gasteiger partial charge in [0.15, 0.2) is 0 Å². The summed E-state index contributed by atoms with van der Waals surface area (Å²) in [6.07, 6.45) is 0. The fourth-order valence-electron chi connectivity index (χ4n) is 1.16. The number of rotatable bonds is 4. The van der Waals surface area contributed by atoms with Gasteiger partial charge in [-0.3, -0.25) is 9.59 Å². The highest BCUT2D eigenvalue weighted by atomic mass is 79.9. The number of carbonyl (C=O) groups is 2. The van der Waals surface area contributed by atoms with Crippen LogP contribution in [0.1, 0.15) is 24.2 Å². The third-order valence-corrected chi connectivity index (χ3v) is 3.31. The molecule has 0 unspecified atom stereocenters. The summed E-state index contributed by atoms with van der Waals surface area (Å²) < 4.78 is 1.55. The summed E-state index contributed by atoms with van der Waals surface area (Å²) in [6, 6.07) is 5.17. The topological polar surface area (TPSA) is 66.4 Å². The third kappa shape index (κ3) is 4.10. The van der Waals surface area contributed by atoms with Crippen molar-refractivity contribution in [2.45, 2.75) is 13.8 Å². The maximum atomic E-state index is 11.9. The van der Waals surface area contributed by atoms with Crippen LogP contribution in [0.25, 0.3) is 0 Å². The maximum Gasteiger partial charge on any atom is 0.310 e. The molecule has 1 rings (SSSR count). The fourth-order valence-corrected chi connectivity index (χ4v) is 2.46. The molecule has 0 aromatic heterocycles. The Morgan fingerprint density at radius 3 is 2.17 bits per heavy atom. The predicted molar refractivity (Wildman–Crippen MR) is 75.6 cm³/mol. The van der Waals surface area contributed by atoms with Gasteiger partial charge in [-0.2, -0.15) is 0 Å². The van der Waals surface area contributed by atoms with Crippen LogP contribution in [0.2, 0.25) is 0 Å². The Labute approximate surface area is 122 Å². The van der Waals surface area contributed by atoms with E-state index in [1.807, 2.05) is 6.07 Å². The van der Waals surface area contributed by atoms with Crippen LogP contribution in [-0.4, -0.2) is 23.5 Å². The highest BCUT2D eigenvalue weighted by Gasteiger charge is 2.27. The van der Waals surface area contributed by atoms with Crippen LogP contribution in [0.5, 0.6) is 0 Å². The van der Waals surface area contributed by atoms with Gasteiger partial charge < -0.3 is 10.4 Å². The van der Waals surface area contributed by atoms with Crippen molar-refractivity contribution in [2.24, 2.45) is 5.41 Å². The van der Waals surface area contributed by atoms with Crippen molar-refractivity contribution in [3.8, 4) is 0 Å². The number of carboxylic acid groups (broad SMARTS) is 1. The van der Waals surface area contributed by atoms with Crippen LogP contribution in [0, 0.1) is 5.41 Å². The molecule has 1 aromatic rings. The Bertz CT molecular complexity index is 466. The molecule has 0 bridgehead atoms. The van der Waals surface area contributed by atoms with E-state index in [-0.39, 0.29) is 12.5 Å². The molecule has 4 nitrogen and oxygen atoms in total. The molecule has 0 radical (unpaired) electrons. The van der Waals surface area contributed by atoms with Gasteiger partial charge in [-0.1, -0.05) is 31.9 Å². The van der Waals surface area contributed by atoms with Gasteiger partial charge in [0.2, 0.25) is 0 Å². The summed E-state index contributed by atoms with van der Waals surface area (Å²) in [5.74, 6) is -1.25. The summed E-state index contributed by atoms with van der Waals surface area (Å²) in [6.45, 7) is 3.20. The van der Waals surface area contributed by atoms with Crippen LogP contribution < -0.4 is 5.32 Å². The molecule has 0 saturated carbocycles. The van der Waals surface area contributed by atoms with Crippen LogP contribution in [0.4, 0.5) is 0 Å². The van der Waals surface area contributed by atoms with E-state index in [4.69, 9.17) is 5.11 Å². The molecule has 0 aliphatic carbocycles. The quantitative estimate of drug-likeness (QED) is 0.846. The van der Waals surface area contributed by atoms with Crippen molar-refractivity contribution < 1.29 is 14.7 Å². The number of nitrogens with one attached hydrogen (secondary N) is 1. The SMILES string of the molecule is CC(C)(CNC(=O)c1cc(Br)cc(Br)c1)C(=O)O. The minimum Gasteiger partial charge on any atom is -0.481 e. The van der Waals surface area contributed by atoms with Crippen LogP contribution in [0.3, 0.4) is 0 Å². The lowest BCUT2D eigenvalue weighted by Gasteiger charge is -2.19. The lowest BCUT2D eigenvalue weighted by atomic mass is 9.94. The second-order valence-corrected chi connectivity index (χ2v) is 6.36. The minimum atomic E-state index is -0.987. The Morgan fingerprint density at radius 2 is 1.72 bits per heavy atom. The first-order valence-corrected chi connectivity index (χ1v) is 6.78. The van der Waals surface area contributed by atoms with Crippen molar-refractivity contribution in [2.75, 3.05) is 6.54 Å². The largest absolute Gasteiger partial charge is 0.481 e. The molecule has 0 atom stereocenters. The van der Waals surface area contributed by atoms with Crippen LogP contribution in [-0.2, 0) is 4.79 Å². The first-order chi connectivity index (χ1) is 8.22. The molecule has 18 heavy (non-hydrogen) atoms.